The molecule has 0 bridgehead atoms. The first-order chi connectivity index (χ1) is 6.49. The zero-order chi connectivity index (χ0) is 11.7. The maximum absolute atomic E-state index is 3.98. The average molecular weight is 192 g/mol. The second-order valence-electron chi connectivity index (χ2n) is 3.14. The molecule has 80 valence electrons. The SMILES string of the molecule is C=C(C)/C=C(\C(=C)C)C(=C)CC.CC. The van der Waals surface area contributed by atoms with Crippen LogP contribution in [0.2, 0.25) is 0 Å². The Hall–Kier alpha value is -1.04. The lowest BCUT2D eigenvalue weighted by molar-refractivity contribution is 1.11. The largest absolute Gasteiger partial charge is 0.0961 e. The molecule has 0 heterocycles. The Kier molecular flexibility index (Phi) is 9.43. The van der Waals surface area contributed by atoms with Crippen LogP contribution in [0.25, 0.3) is 0 Å². The van der Waals surface area contributed by atoms with Gasteiger partial charge in [0.05, 0.1) is 0 Å². The first-order valence-electron chi connectivity index (χ1n) is 5.20. The third-order valence-corrected chi connectivity index (χ3v) is 1.66. The van der Waals surface area contributed by atoms with E-state index in [4.69, 9.17) is 0 Å². The molecule has 0 aromatic carbocycles. The van der Waals surface area contributed by atoms with Crippen molar-refractivity contribution in [2.24, 2.45) is 0 Å². The summed E-state index contributed by atoms with van der Waals surface area (Å²) >= 11 is 0. The molecule has 0 aromatic rings. The zero-order valence-corrected chi connectivity index (χ0v) is 10.4. The van der Waals surface area contributed by atoms with Gasteiger partial charge in [0.25, 0.3) is 0 Å². The highest BCUT2D eigenvalue weighted by atomic mass is 14.1. The molecule has 0 saturated heterocycles. The lowest BCUT2D eigenvalue weighted by Crippen LogP contribution is -1.88. The molecule has 0 unspecified atom stereocenters. The summed E-state index contributed by atoms with van der Waals surface area (Å²) in [5.41, 5.74) is 4.38. The molecule has 0 rings (SSSR count). The van der Waals surface area contributed by atoms with E-state index in [9.17, 15) is 0 Å². The van der Waals surface area contributed by atoms with Gasteiger partial charge in [-0.2, -0.15) is 0 Å². The van der Waals surface area contributed by atoms with Gasteiger partial charge < -0.3 is 0 Å². The van der Waals surface area contributed by atoms with Crippen LogP contribution in [0.15, 0.2) is 48.1 Å². The van der Waals surface area contributed by atoms with Gasteiger partial charge in [-0.25, -0.2) is 0 Å². The van der Waals surface area contributed by atoms with Gasteiger partial charge in [-0.3, -0.25) is 0 Å². The topological polar surface area (TPSA) is 0 Å². The standard InChI is InChI=1S/C12H18.C2H6/c1-7-11(6)12(10(4)5)8-9(2)3;1-2/h8H,2,4,6-7H2,1,3,5H3;1-2H3/b12-8+;. The monoisotopic (exact) mass is 192 g/mol. The summed E-state index contributed by atoms with van der Waals surface area (Å²) in [6, 6.07) is 0. The minimum absolute atomic E-state index is 0.964. The second kappa shape index (κ2) is 8.55. The van der Waals surface area contributed by atoms with Crippen LogP contribution in [-0.4, -0.2) is 0 Å². The molecule has 0 amide bonds. The molecule has 0 aliphatic heterocycles. The maximum atomic E-state index is 3.98. The summed E-state index contributed by atoms with van der Waals surface area (Å²) < 4.78 is 0. The summed E-state index contributed by atoms with van der Waals surface area (Å²) in [5.74, 6) is 0. The number of allylic oxidation sites excluding steroid dienone is 5. The van der Waals surface area contributed by atoms with E-state index >= 15 is 0 Å². The van der Waals surface area contributed by atoms with Crippen molar-refractivity contribution in [3.8, 4) is 0 Å². The lowest BCUT2D eigenvalue weighted by atomic mass is 9.98. The third kappa shape index (κ3) is 6.47. The van der Waals surface area contributed by atoms with Crippen LogP contribution in [-0.2, 0) is 0 Å². The first kappa shape index (κ1) is 15.4. The van der Waals surface area contributed by atoms with Crippen molar-refractivity contribution in [2.45, 2.75) is 41.0 Å². The Labute approximate surface area is 89.7 Å². The minimum atomic E-state index is 0.964. The molecule has 0 aliphatic carbocycles. The molecule has 0 fully saturated rings. The van der Waals surface area contributed by atoms with E-state index in [1.165, 1.54) is 0 Å². The van der Waals surface area contributed by atoms with Crippen molar-refractivity contribution in [1.82, 2.24) is 0 Å². The van der Waals surface area contributed by atoms with Gasteiger partial charge in [0, 0.05) is 0 Å². The number of hydrogen-bond donors (Lipinski definition) is 0. The van der Waals surface area contributed by atoms with Crippen LogP contribution >= 0.6 is 0 Å². The van der Waals surface area contributed by atoms with E-state index in [-0.39, 0.29) is 0 Å². The first-order valence-corrected chi connectivity index (χ1v) is 5.20. The van der Waals surface area contributed by atoms with E-state index in [0.717, 1.165) is 28.7 Å². The van der Waals surface area contributed by atoms with Crippen molar-refractivity contribution >= 4 is 0 Å². The molecule has 0 radical (unpaired) electrons. The van der Waals surface area contributed by atoms with Crippen LogP contribution in [0.4, 0.5) is 0 Å². The third-order valence-electron chi connectivity index (χ3n) is 1.66. The molecule has 0 aliphatic rings. The molecular formula is C14H24. The van der Waals surface area contributed by atoms with Gasteiger partial charge >= 0.3 is 0 Å². The second-order valence-corrected chi connectivity index (χ2v) is 3.14. The highest BCUT2D eigenvalue weighted by molar-refractivity contribution is 5.46. The van der Waals surface area contributed by atoms with Gasteiger partial charge in [0.2, 0.25) is 0 Å². The van der Waals surface area contributed by atoms with Crippen molar-refractivity contribution in [3.63, 3.8) is 0 Å². The fraction of sp³-hybridized carbons (Fsp3) is 0.429. The number of rotatable bonds is 4. The lowest BCUT2D eigenvalue weighted by Gasteiger charge is -2.08. The van der Waals surface area contributed by atoms with Gasteiger partial charge in [0.15, 0.2) is 0 Å². The zero-order valence-electron chi connectivity index (χ0n) is 10.4. The van der Waals surface area contributed by atoms with E-state index < -0.39 is 0 Å². The predicted octanol–water partition coefficient (Wildman–Crippen LogP) is 5.06. The van der Waals surface area contributed by atoms with Crippen molar-refractivity contribution in [1.29, 1.82) is 0 Å². The smallest absolute Gasteiger partial charge is 0.0205 e. The van der Waals surface area contributed by atoms with Crippen LogP contribution < -0.4 is 0 Å². The highest BCUT2D eigenvalue weighted by Crippen LogP contribution is 2.20. The Balaban J connectivity index is 0. The van der Waals surface area contributed by atoms with Gasteiger partial charge in [0.1, 0.15) is 0 Å². The molecule has 0 spiro atoms. The summed E-state index contributed by atoms with van der Waals surface area (Å²) in [7, 11) is 0. The quantitative estimate of drug-likeness (QED) is 0.546. The summed E-state index contributed by atoms with van der Waals surface area (Å²) in [6.07, 6.45) is 3.00. The summed E-state index contributed by atoms with van der Waals surface area (Å²) in [5, 5.41) is 0. The van der Waals surface area contributed by atoms with E-state index in [1.54, 1.807) is 0 Å². The van der Waals surface area contributed by atoms with Crippen molar-refractivity contribution < 1.29 is 0 Å². The minimum Gasteiger partial charge on any atom is -0.0961 e. The van der Waals surface area contributed by atoms with Gasteiger partial charge in [-0.05, 0) is 31.4 Å². The Bertz CT molecular complexity index is 239. The molecule has 0 heteroatoms. The molecule has 0 saturated carbocycles. The average Bonchev–Trinajstić information content (AvgIpc) is 2.15. The fourth-order valence-electron chi connectivity index (χ4n) is 0.964. The fourth-order valence-corrected chi connectivity index (χ4v) is 0.964. The van der Waals surface area contributed by atoms with Gasteiger partial charge in [-0.15, -0.1) is 0 Å². The van der Waals surface area contributed by atoms with Crippen molar-refractivity contribution in [2.75, 3.05) is 0 Å². The van der Waals surface area contributed by atoms with Crippen LogP contribution in [0.3, 0.4) is 0 Å². The van der Waals surface area contributed by atoms with Crippen LogP contribution in [0.5, 0.6) is 0 Å². The molecule has 0 nitrogen and oxygen atoms in total. The molecule has 0 N–H and O–H groups in total. The maximum Gasteiger partial charge on any atom is -0.0205 e. The van der Waals surface area contributed by atoms with E-state index in [2.05, 4.69) is 26.7 Å². The Morgan fingerprint density at radius 2 is 1.50 bits per heavy atom. The molecule has 0 atom stereocenters. The van der Waals surface area contributed by atoms with E-state index in [0.29, 0.717) is 0 Å². The Morgan fingerprint density at radius 3 is 1.71 bits per heavy atom. The molecule has 0 aromatic heterocycles. The molecular weight excluding hydrogens is 168 g/mol. The normalized spacial score (nSPS) is 9.93. The number of hydrogen-bond acceptors (Lipinski definition) is 0. The van der Waals surface area contributed by atoms with Crippen LogP contribution in [0.1, 0.15) is 41.0 Å². The van der Waals surface area contributed by atoms with E-state index in [1.807, 2.05) is 33.8 Å². The highest BCUT2D eigenvalue weighted by Gasteiger charge is 2.00. The summed E-state index contributed by atoms with van der Waals surface area (Å²) in [6.45, 7) is 21.8. The summed E-state index contributed by atoms with van der Waals surface area (Å²) in [4.78, 5) is 0. The van der Waals surface area contributed by atoms with Gasteiger partial charge in [-0.1, -0.05) is 57.7 Å². The van der Waals surface area contributed by atoms with Crippen LogP contribution in [0, 0.1) is 0 Å². The Morgan fingerprint density at radius 1 is 1.07 bits per heavy atom. The van der Waals surface area contributed by atoms with Crippen molar-refractivity contribution in [3.05, 3.63) is 48.1 Å². The predicted molar refractivity (Wildman–Crippen MR) is 68.5 cm³/mol. The molecule has 14 heavy (non-hydrogen) atoms.